The highest BCUT2D eigenvalue weighted by atomic mass is 19.1. The van der Waals surface area contributed by atoms with Crippen LogP contribution in [0.1, 0.15) is 32.1 Å². The average Bonchev–Trinajstić information content (AvgIpc) is 2.71. The highest BCUT2D eigenvalue weighted by Gasteiger charge is 2.20. The molecule has 2 aromatic rings. The maximum absolute atomic E-state index is 13.3. The Kier molecular flexibility index (Phi) is 7.25. The Morgan fingerprint density at radius 3 is 2.58 bits per heavy atom. The van der Waals surface area contributed by atoms with Gasteiger partial charge in [0.2, 0.25) is 0 Å². The Bertz CT molecular complexity index is 637. The standard InChI is InChI=1S/C16H18FN3.C5H10O/c17-13-5-3-7-15(11-13)20-10-4-6-14(12-20)19-16-8-1-2-9-18-16;1-2-4-6-5-3-1/h1-3,5,7-9,11,14H,4,6,10,12H2,(H,18,19);1-5H2. The number of hydrogen-bond acceptors (Lipinski definition) is 4. The van der Waals surface area contributed by atoms with E-state index in [1.807, 2.05) is 24.3 Å². The molecule has 0 bridgehead atoms. The van der Waals surface area contributed by atoms with E-state index in [9.17, 15) is 4.39 Å². The first-order chi connectivity index (χ1) is 12.8. The molecule has 26 heavy (non-hydrogen) atoms. The first-order valence-electron chi connectivity index (χ1n) is 9.57. The van der Waals surface area contributed by atoms with Crippen LogP contribution in [0.25, 0.3) is 0 Å². The number of benzene rings is 1. The Balaban J connectivity index is 0.000000278. The molecule has 4 rings (SSSR count). The fraction of sp³-hybridized carbons (Fsp3) is 0.476. The van der Waals surface area contributed by atoms with Gasteiger partial charge >= 0.3 is 0 Å². The predicted molar refractivity (Wildman–Crippen MR) is 104 cm³/mol. The topological polar surface area (TPSA) is 37.4 Å². The highest BCUT2D eigenvalue weighted by molar-refractivity contribution is 5.48. The van der Waals surface area contributed by atoms with E-state index in [-0.39, 0.29) is 5.82 Å². The first-order valence-corrected chi connectivity index (χ1v) is 9.57. The van der Waals surface area contributed by atoms with Gasteiger partial charge in [0.1, 0.15) is 11.6 Å². The largest absolute Gasteiger partial charge is 0.381 e. The second-order valence-electron chi connectivity index (χ2n) is 6.80. The summed E-state index contributed by atoms with van der Waals surface area (Å²) in [5.74, 6) is 0.723. The van der Waals surface area contributed by atoms with Crippen molar-refractivity contribution >= 4 is 11.5 Å². The highest BCUT2D eigenvalue weighted by Crippen LogP contribution is 2.22. The molecule has 2 aliphatic rings. The molecular formula is C21H28FN3O. The number of hydrogen-bond donors (Lipinski definition) is 1. The van der Waals surface area contributed by atoms with E-state index in [1.165, 1.54) is 25.3 Å². The van der Waals surface area contributed by atoms with Crippen LogP contribution < -0.4 is 10.2 Å². The summed E-state index contributed by atoms with van der Waals surface area (Å²) >= 11 is 0. The molecule has 1 aromatic heterocycles. The normalized spacial score (nSPS) is 20.0. The zero-order chi connectivity index (χ0) is 18.0. The van der Waals surface area contributed by atoms with Crippen molar-refractivity contribution in [1.29, 1.82) is 0 Å². The Labute approximate surface area is 155 Å². The molecule has 5 heteroatoms. The zero-order valence-electron chi connectivity index (χ0n) is 15.2. The van der Waals surface area contributed by atoms with Gasteiger partial charge in [0.25, 0.3) is 0 Å². The van der Waals surface area contributed by atoms with Gasteiger partial charge in [-0.1, -0.05) is 12.1 Å². The summed E-state index contributed by atoms with van der Waals surface area (Å²) in [7, 11) is 0. The van der Waals surface area contributed by atoms with E-state index in [2.05, 4.69) is 15.2 Å². The van der Waals surface area contributed by atoms with Crippen molar-refractivity contribution in [2.24, 2.45) is 0 Å². The Morgan fingerprint density at radius 2 is 1.92 bits per heavy atom. The lowest BCUT2D eigenvalue weighted by Crippen LogP contribution is -2.42. The molecule has 140 valence electrons. The van der Waals surface area contributed by atoms with E-state index in [0.29, 0.717) is 6.04 Å². The molecule has 2 saturated heterocycles. The molecule has 1 unspecified atom stereocenters. The van der Waals surface area contributed by atoms with E-state index >= 15 is 0 Å². The molecule has 1 N–H and O–H groups in total. The van der Waals surface area contributed by atoms with Crippen molar-refractivity contribution in [2.75, 3.05) is 36.5 Å². The molecule has 1 aromatic carbocycles. The maximum atomic E-state index is 13.3. The third kappa shape index (κ3) is 5.99. The molecule has 3 heterocycles. The molecule has 0 aliphatic carbocycles. The van der Waals surface area contributed by atoms with Crippen molar-refractivity contribution in [2.45, 2.75) is 38.1 Å². The Hall–Kier alpha value is -2.14. The van der Waals surface area contributed by atoms with Crippen molar-refractivity contribution in [1.82, 2.24) is 4.98 Å². The minimum absolute atomic E-state index is 0.178. The van der Waals surface area contributed by atoms with Gasteiger partial charge in [0.15, 0.2) is 0 Å². The van der Waals surface area contributed by atoms with Crippen LogP contribution in [-0.2, 0) is 4.74 Å². The fourth-order valence-corrected chi connectivity index (χ4v) is 3.35. The summed E-state index contributed by atoms with van der Waals surface area (Å²) in [5, 5.41) is 3.45. The minimum Gasteiger partial charge on any atom is -0.381 e. The third-order valence-corrected chi connectivity index (χ3v) is 4.69. The predicted octanol–water partition coefficient (Wildman–Crippen LogP) is 4.49. The number of halogens is 1. The van der Waals surface area contributed by atoms with Crippen LogP contribution in [0.4, 0.5) is 15.9 Å². The number of nitrogens with zero attached hydrogens (tertiary/aromatic N) is 2. The lowest BCUT2D eigenvalue weighted by atomic mass is 10.0. The number of anilines is 2. The molecule has 2 fully saturated rings. The van der Waals surface area contributed by atoms with Gasteiger partial charge < -0.3 is 15.0 Å². The minimum atomic E-state index is -0.178. The zero-order valence-corrected chi connectivity index (χ0v) is 15.2. The summed E-state index contributed by atoms with van der Waals surface area (Å²) in [4.78, 5) is 6.52. The summed E-state index contributed by atoms with van der Waals surface area (Å²) in [6, 6.07) is 13.0. The smallest absolute Gasteiger partial charge is 0.126 e. The summed E-state index contributed by atoms with van der Waals surface area (Å²) in [6.45, 7) is 3.85. The number of nitrogens with one attached hydrogen (secondary N) is 1. The second kappa shape index (κ2) is 10.1. The Morgan fingerprint density at radius 1 is 1.04 bits per heavy atom. The van der Waals surface area contributed by atoms with Crippen LogP contribution >= 0.6 is 0 Å². The van der Waals surface area contributed by atoms with Crippen LogP contribution in [0.5, 0.6) is 0 Å². The van der Waals surface area contributed by atoms with Gasteiger partial charge in [0.05, 0.1) is 0 Å². The van der Waals surface area contributed by atoms with Crippen LogP contribution in [-0.4, -0.2) is 37.3 Å². The van der Waals surface area contributed by atoms with Gasteiger partial charge in [-0.05, 0) is 62.4 Å². The molecule has 0 amide bonds. The lowest BCUT2D eigenvalue weighted by molar-refractivity contribution is 0.0968. The molecule has 1 atom stereocenters. The van der Waals surface area contributed by atoms with Gasteiger partial charge in [-0.25, -0.2) is 9.37 Å². The number of piperidine rings is 1. The summed E-state index contributed by atoms with van der Waals surface area (Å²) < 4.78 is 18.4. The molecular weight excluding hydrogens is 329 g/mol. The molecule has 0 spiro atoms. The van der Waals surface area contributed by atoms with Gasteiger partial charge in [-0.2, -0.15) is 0 Å². The van der Waals surface area contributed by atoms with Crippen molar-refractivity contribution in [3.63, 3.8) is 0 Å². The van der Waals surface area contributed by atoms with Crippen LogP contribution in [0.15, 0.2) is 48.7 Å². The molecule has 0 radical (unpaired) electrons. The second-order valence-corrected chi connectivity index (χ2v) is 6.80. The van der Waals surface area contributed by atoms with E-state index in [0.717, 1.165) is 50.7 Å². The van der Waals surface area contributed by atoms with Crippen molar-refractivity contribution in [3.05, 3.63) is 54.5 Å². The van der Waals surface area contributed by atoms with Crippen molar-refractivity contribution in [3.8, 4) is 0 Å². The SMILES string of the molecule is C1CCOCC1.Fc1cccc(N2CCCC(Nc3ccccn3)C2)c1. The number of rotatable bonds is 3. The summed E-state index contributed by atoms with van der Waals surface area (Å²) in [6.07, 6.45) is 7.93. The van der Waals surface area contributed by atoms with Crippen LogP contribution in [0, 0.1) is 5.82 Å². The van der Waals surface area contributed by atoms with Crippen LogP contribution in [0.3, 0.4) is 0 Å². The average molecular weight is 357 g/mol. The van der Waals surface area contributed by atoms with Crippen molar-refractivity contribution < 1.29 is 9.13 Å². The maximum Gasteiger partial charge on any atom is 0.126 e. The van der Waals surface area contributed by atoms with E-state index in [4.69, 9.17) is 4.74 Å². The number of ether oxygens (including phenoxy) is 1. The number of aromatic nitrogens is 1. The summed E-state index contributed by atoms with van der Waals surface area (Å²) in [5.41, 5.74) is 0.956. The van der Waals surface area contributed by atoms with E-state index < -0.39 is 0 Å². The molecule has 4 nitrogen and oxygen atoms in total. The van der Waals surface area contributed by atoms with E-state index in [1.54, 1.807) is 18.3 Å². The third-order valence-electron chi connectivity index (χ3n) is 4.69. The van der Waals surface area contributed by atoms with Gasteiger partial charge in [-0.15, -0.1) is 0 Å². The molecule has 2 aliphatic heterocycles. The van der Waals surface area contributed by atoms with Gasteiger partial charge in [0, 0.05) is 44.2 Å². The fourth-order valence-electron chi connectivity index (χ4n) is 3.35. The number of pyridine rings is 1. The first kappa shape index (κ1) is 18.6. The van der Waals surface area contributed by atoms with Crippen LogP contribution in [0.2, 0.25) is 0 Å². The quantitative estimate of drug-likeness (QED) is 0.878. The van der Waals surface area contributed by atoms with Gasteiger partial charge in [-0.3, -0.25) is 0 Å². The monoisotopic (exact) mass is 357 g/mol. The molecule has 0 saturated carbocycles. The lowest BCUT2D eigenvalue weighted by Gasteiger charge is -2.35.